The molecule has 2 rings (SSSR count). The van der Waals surface area contributed by atoms with Gasteiger partial charge in [0.2, 0.25) is 10.0 Å². The molecule has 0 spiro atoms. The molecule has 0 aliphatic heterocycles. The molecule has 10 heteroatoms. The normalized spacial score (nSPS) is 11.5. The fourth-order valence-electron chi connectivity index (χ4n) is 2.18. The first kappa shape index (κ1) is 27.2. The third-order valence-corrected chi connectivity index (χ3v) is 4.97. The zero-order valence-electron chi connectivity index (χ0n) is 19.3. The van der Waals surface area contributed by atoms with Crippen LogP contribution in [0.4, 0.5) is 16.2 Å². The largest absolute Gasteiger partial charge is 0.444 e. The monoisotopic (exact) mass is 463 g/mol. The van der Waals surface area contributed by atoms with Crippen molar-refractivity contribution in [2.75, 3.05) is 27.2 Å². The van der Waals surface area contributed by atoms with Gasteiger partial charge in [-0.05, 0) is 77.7 Å². The van der Waals surface area contributed by atoms with Gasteiger partial charge in [-0.15, -0.1) is 0 Å². The summed E-state index contributed by atoms with van der Waals surface area (Å²) in [7, 11) is 0.110. The lowest BCUT2D eigenvalue weighted by atomic mass is 10.2. The molecule has 9 nitrogen and oxygen atoms in total. The zero-order chi connectivity index (χ0) is 24.0. The molecule has 1 amide bonds. The number of azo groups is 1. The maximum Gasteiger partial charge on any atom is 0.407 e. The van der Waals surface area contributed by atoms with Crippen LogP contribution in [0.3, 0.4) is 0 Å². The number of ether oxygens (including phenoxy) is 1. The molecule has 0 bridgehead atoms. The fourth-order valence-corrected chi connectivity index (χ4v) is 3.26. The molecule has 176 valence electrons. The summed E-state index contributed by atoms with van der Waals surface area (Å²) < 4.78 is 32.3. The Bertz CT molecular complexity index is 941. The number of sulfonamides is 1. The molecular formula is C22H33N5O4S. The number of benzene rings is 2. The van der Waals surface area contributed by atoms with E-state index in [4.69, 9.17) is 4.74 Å². The lowest BCUT2D eigenvalue weighted by Crippen LogP contribution is -2.34. The number of rotatable bonds is 8. The van der Waals surface area contributed by atoms with E-state index in [0.29, 0.717) is 24.3 Å². The van der Waals surface area contributed by atoms with E-state index in [1.54, 1.807) is 32.9 Å². The van der Waals surface area contributed by atoms with Gasteiger partial charge in [0.05, 0.1) is 16.3 Å². The van der Waals surface area contributed by atoms with E-state index in [2.05, 4.69) is 25.6 Å². The summed E-state index contributed by atoms with van der Waals surface area (Å²) in [5.74, 6) is 0. The minimum Gasteiger partial charge on any atom is -0.444 e. The van der Waals surface area contributed by atoms with Crippen LogP contribution in [0.1, 0.15) is 27.2 Å². The van der Waals surface area contributed by atoms with Gasteiger partial charge in [0.25, 0.3) is 0 Å². The standard InChI is InChI=1S/C20H26N4O4S.C2H7N/c1-20(2,3)28-19(25)21-14-7-15-22-29(26,27)18-12-10-17(11-13-18)24-23-16-8-5-4-6-9-16;1-3-2/h4-6,8-13,22H,7,14-15H2,1-3H3,(H,21,25);3H,1-2H3. The quantitative estimate of drug-likeness (QED) is 0.401. The van der Waals surface area contributed by atoms with E-state index in [-0.39, 0.29) is 11.4 Å². The molecular weight excluding hydrogens is 430 g/mol. The molecule has 0 fully saturated rings. The predicted octanol–water partition coefficient (Wildman–Crippen LogP) is 4.13. The maximum atomic E-state index is 12.3. The second kappa shape index (κ2) is 13.6. The zero-order valence-corrected chi connectivity index (χ0v) is 20.1. The summed E-state index contributed by atoms with van der Waals surface area (Å²) in [5, 5.41) is 13.5. The van der Waals surface area contributed by atoms with Gasteiger partial charge >= 0.3 is 6.09 Å². The highest BCUT2D eigenvalue weighted by atomic mass is 32.2. The van der Waals surface area contributed by atoms with Crippen LogP contribution in [0, 0.1) is 0 Å². The highest BCUT2D eigenvalue weighted by molar-refractivity contribution is 7.89. The van der Waals surface area contributed by atoms with Gasteiger partial charge in [0, 0.05) is 13.1 Å². The Balaban J connectivity index is 0.00000161. The van der Waals surface area contributed by atoms with E-state index in [1.165, 1.54) is 12.1 Å². The Hall–Kier alpha value is -2.82. The summed E-state index contributed by atoms with van der Waals surface area (Å²) >= 11 is 0. The maximum absolute atomic E-state index is 12.3. The van der Waals surface area contributed by atoms with Crippen LogP contribution in [0.25, 0.3) is 0 Å². The highest BCUT2D eigenvalue weighted by Crippen LogP contribution is 2.20. The Morgan fingerprint density at radius 1 is 0.906 bits per heavy atom. The molecule has 32 heavy (non-hydrogen) atoms. The Morgan fingerprint density at radius 3 is 1.97 bits per heavy atom. The minimum absolute atomic E-state index is 0.135. The fraction of sp³-hybridized carbons (Fsp3) is 0.409. The van der Waals surface area contributed by atoms with Crippen molar-refractivity contribution in [1.82, 2.24) is 15.4 Å². The minimum atomic E-state index is -3.64. The smallest absolute Gasteiger partial charge is 0.407 e. The number of carbonyl (C=O) groups excluding carboxylic acids is 1. The molecule has 2 aromatic rings. The van der Waals surface area contributed by atoms with Crippen molar-refractivity contribution < 1.29 is 17.9 Å². The summed E-state index contributed by atoms with van der Waals surface area (Å²) in [4.78, 5) is 11.7. The SMILES string of the molecule is CC(C)(C)OC(=O)NCCCNS(=O)(=O)c1ccc(N=Nc2ccccc2)cc1.CNC. The van der Waals surface area contributed by atoms with Gasteiger partial charge in [-0.25, -0.2) is 17.9 Å². The molecule has 0 unspecified atom stereocenters. The predicted molar refractivity (Wildman–Crippen MR) is 126 cm³/mol. The first-order chi connectivity index (χ1) is 15.1. The summed E-state index contributed by atoms with van der Waals surface area (Å²) in [6.45, 7) is 5.81. The number of alkyl carbamates (subject to hydrolysis) is 1. The van der Waals surface area contributed by atoms with E-state index in [1.807, 2.05) is 44.4 Å². The average Bonchev–Trinajstić information content (AvgIpc) is 2.72. The lowest BCUT2D eigenvalue weighted by molar-refractivity contribution is 0.0527. The number of hydrogen-bond acceptors (Lipinski definition) is 7. The Labute approximate surface area is 190 Å². The molecule has 0 aliphatic carbocycles. The Kier molecular flexibility index (Phi) is 11.5. The van der Waals surface area contributed by atoms with Gasteiger partial charge in [0.15, 0.2) is 0 Å². The second-order valence-electron chi connectivity index (χ2n) is 7.71. The van der Waals surface area contributed by atoms with Crippen molar-refractivity contribution in [3.05, 3.63) is 54.6 Å². The van der Waals surface area contributed by atoms with Crippen molar-refractivity contribution in [3.8, 4) is 0 Å². The summed E-state index contributed by atoms with van der Waals surface area (Å²) in [5.41, 5.74) is 0.693. The van der Waals surface area contributed by atoms with Crippen LogP contribution in [0.5, 0.6) is 0 Å². The van der Waals surface area contributed by atoms with Crippen LogP contribution < -0.4 is 15.4 Å². The molecule has 3 N–H and O–H groups in total. The lowest BCUT2D eigenvalue weighted by Gasteiger charge is -2.19. The van der Waals surface area contributed by atoms with Crippen molar-refractivity contribution >= 4 is 27.5 Å². The number of carbonyl (C=O) groups is 1. The van der Waals surface area contributed by atoms with Crippen LogP contribution in [-0.4, -0.2) is 47.3 Å². The molecule has 0 atom stereocenters. The van der Waals surface area contributed by atoms with Crippen LogP contribution >= 0.6 is 0 Å². The second-order valence-corrected chi connectivity index (χ2v) is 9.48. The van der Waals surface area contributed by atoms with E-state index in [9.17, 15) is 13.2 Å². The number of amides is 1. The van der Waals surface area contributed by atoms with Gasteiger partial charge in [-0.2, -0.15) is 10.2 Å². The first-order valence-corrected chi connectivity index (χ1v) is 11.7. The highest BCUT2D eigenvalue weighted by Gasteiger charge is 2.16. The number of nitrogens with zero attached hydrogens (tertiary/aromatic N) is 2. The topological polar surface area (TPSA) is 121 Å². The van der Waals surface area contributed by atoms with Crippen molar-refractivity contribution in [1.29, 1.82) is 0 Å². The molecule has 0 heterocycles. The summed E-state index contributed by atoms with van der Waals surface area (Å²) in [6.07, 6.45) is -0.0948. The van der Waals surface area contributed by atoms with Crippen LogP contribution in [0.2, 0.25) is 0 Å². The van der Waals surface area contributed by atoms with Gasteiger partial charge < -0.3 is 15.4 Å². The van der Waals surface area contributed by atoms with Crippen molar-refractivity contribution in [2.24, 2.45) is 10.2 Å². The van der Waals surface area contributed by atoms with Crippen molar-refractivity contribution in [3.63, 3.8) is 0 Å². The number of hydrogen-bond donors (Lipinski definition) is 3. The van der Waals surface area contributed by atoms with E-state index < -0.39 is 21.7 Å². The first-order valence-electron chi connectivity index (χ1n) is 10.2. The summed E-state index contributed by atoms with van der Waals surface area (Å²) in [6, 6.07) is 15.4. The van der Waals surface area contributed by atoms with Gasteiger partial charge in [-0.3, -0.25) is 0 Å². The van der Waals surface area contributed by atoms with E-state index >= 15 is 0 Å². The van der Waals surface area contributed by atoms with Crippen molar-refractivity contribution in [2.45, 2.75) is 37.7 Å². The van der Waals surface area contributed by atoms with Crippen LogP contribution in [0.15, 0.2) is 69.7 Å². The molecule has 0 aromatic heterocycles. The third-order valence-electron chi connectivity index (χ3n) is 3.50. The van der Waals surface area contributed by atoms with Crippen LogP contribution in [-0.2, 0) is 14.8 Å². The molecule has 0 saturated heterocycles. The van der Waals surface area contributed by atoms with Gasteiger partial charge in [-0.1, -0.05) is 18.2 Å². The molecule has 0 aliphatic rings. The third kappa shape index (κ3) is 11.5. The average molecular weight is 464 g/mol. The molecule has 0 saturated carbocycles. The number of nitrogens with one attached hydrogen (secondary N) is 3. The van der Waals surface area contributed by atoms with E-state index in [0.717, 1.165) is 0 Å². The molecule has 2 aromatic carbocycles. The van der Waals surface area contributed by atoms with Gasteiger partial charge in [0.1, 0.15) is 5.60 Å². The Morgan fingerprint density at radius 2 is 1.44 bits per heavy atom. The molecule has 0 radical (unpaired) electrons.